The zero-order valence-corrected chi connectivity index (χ0v) is 11.5. The minimum atomic E-state index is -1.15. The molecule has 5 heteroatoms. The van der Waals surface area contributed by atoms with Crippen LogP contribution in [-0.4, -0.2) is 13.1 Å². The van der Waals surface area contributed by atoms with Crippen LogP contribution in [0.5, 0.6) is 0 Å². The molecule has 2 rings (SSSR count). The molecule has 0 atom stereocenters. The van der Waals surface area contributed by atoms with E-state index in [9.17, 15) is 18.0 Å². The van der Waals surface area contributed by atoms with Gasteiger partial charge in [0.2, 0.25) is 0 Å². The Morgan fingerprint density at radius 3 is 2.43 bits per heavy atom. The summed E-state index contributed by atoms with van der Waals surface area (Å²) in [4.78, 5) is 11.7. The minimum Gasteiger partial charge on any atom is -0.465 e. The fourth-order valence-electron chi connectivity index (χ4n) is 2.09. The largest absolute Gasteiger partial charge is 0.465 e. The predicted molar refractivity (Wildman–Crippen MR) is 71.6 cm³/mol. The normalized spacial score (nSPS) is 10.5. The van der Waals surface area contributed by atoms with Crippen molar-refractivity contribution in [3.05, 3.63) is 70.0 Å². The third-order valence-electron chi connectivity index (χ3n) is 3.22. The molecule has 0 N–H and O–H groups in total. The highest BCUT2D eigenvalue weighted by Gasteiger charge is 2.22. The van der Waals surface area contributed by atoms with Gasteiger partial charge in [0.1, 0.15) is 5.82 Å². The molecule has 0 saturated heterocycles. The summed E-state index contributed by atoms with van der Waals surface area (Å²) in [7, 11) is 1.14. The first-order valence-electron chi connectivity index (χ1n) is 6.25. The lowest BCUT2D eigenvalue weighted by atomic mass is 9.96. The lowest BCUT2D eigenvalue weighted by Gasteiger charge is -2.12. The summed E-state index contributed by atoms with van der Waals surface area (Å²) >= 11 is 0. The topological polar surface area (TPSA) is 26.3 Å². The summed E-state index contributed by atoms with van der Waals surface area (Å²) < 4.78 is 46.1. The van der Waals surface area contributed by atoms with Gasteiger partial charge in [-0.15, -0.1) is 0 Å². The highest BCUT2D eigenvalue weighted by atomic mass is 19.2. The molecule has 0 amide bonds. The molecule has 0 aliphatic heterocycles. The highest BCUT2D eigenvalue weighted by molar-refractivity contribution is 5.91. The van der Waals surface area contributed by atoms with Gasteiger partial charge in [-0.25, -0.2) is 18.0 Å². The van der Waals surface area contributed by atoms with Crippen molar-refractivity contribution in [1.82, 2.24) is 0 Å². The Labute approximate surface area is 120 Å². The summed E-state index contributed by atoms with van der Waals surface area (Å²) in [5.74, 6) is -3.54. The Bertz CT molecular complexity index is 696. The average molecular weight is 294 g/mol. The van der Waals surface area contributed by atoms with Crippen LogP contribution in [0.15, 0.2) is 30.3 Å². The molecule has 21 heavy (non-hydrogen) atoms. The average Bonchev–Trinajstić information content (AvgIpc) is 2.48. The fraction of sp³-hybridized carbons (Fsp3) is 0.188. The molecular formula is C16H13F3O2. The molecule has 0 aliphatic rings. The predicted octanol–water partition coefficient (Wildman–Crippen LogP) is 3.79. The van der Waals surface area contributed by atoms with Crippen LogP contribution >= 0.6 is 0 Å². The smallest absolute Gasteiger partial charge is 0.338 e. The first-order chi connectivity index (χ1) is 9.95. The zero-order chi connectivity index (χ0) is 15.6. The van der Waals surface area contributed by atoms with Crippen molar-refractivity contribution in [1.29, 1.82) is 0 Å². The van der Waals surface area contributed by atoms with Crippen LogP contribution in [0.4, 0.5) is 13.2 Å². The summed E-state index contributed by atoms with van der Waals surface area (Å²) in [5.41, 5.74) is -0.151. The van der Waals surface area contributed by atoms with Crippen LogP contribution in [-0.2, 0) is 11.2 Å². The lowest BCUT2D eigenvalue weighted by molar-refractivity contribution is 0.0598. The van der Waals surface area contributed by atoms with Gasteiger partial charge in [0.25, 0.3) is 0 Å². The Kier molecular flexibility index (Phi) is 4.31. The summed E-state index contributed by atoms with van der Waals surface area (Å²) in [5, 5.41) is 0. The van der Waals surface area contributed by atoms with Gasteiger partial charge in [-0.1, -0.05) is 18.2 Å². The number of methoxy groups -OCH3 is 1. The third kappa shape index (κ3) is 2.91. The van der Waals surface area contributed by atoms with Gasteiger partial charge in [-0.3, -0.25) is 0 Å². The molecule has 0 saturated carbocycles. The first-order valence-corrected chi connectivity index (χ1v) is 6.25. The number of ether oxygens (including phenoxy) is 1. The monoisotopic (exact) mass is 294 g/mol. The van der Waals surface area contributed by atoms with E-state index in [1.807, 2.05) is 0 Å². The molecule has 2 aromatic rings. The highest BCUT2D eigenvalue weighted by Crippen LogP contribution is 2.25. The number of rotatable bonds is 3. The van der Waals surface area contributed by atoms with E-state index in [1.54, 1.807) is 6.07 Å². The van der Waals surface area contributed by atoms with E-state index < -0.39 is 23.4 Å². The van der Waals surface area contributed by atoms with Crippen LogP contribution in [0.1, 0.15) is 27.0 Å². The quantitative estimate of drug-likeness (QED) is 0.805. The molecule has 2 nitrogen and oxygen atoms in total. The number of hydrogen-bond acceptors (Lipinski definition) is 2. The van der Waals surface area contributed by atoms with E-state index in [-0.39, 0.29) is 28.7 Å². The SMILES string of the molecule is COC(=O)c1cc(C)c(F)c(F)c1Cc1ccccc1F. The molecule has 110 valence electrons. The summed E-state index contributed by atoms with van der Waals surface area (Å²) in [6.07, 6.45) is -0.236. The molecule has 0 heterocycles. The molecular weight excluding hydrogens is 281 g/mol. The van der Waals surface area contributed by atoms with E-state index in [2.05, 4.69) is 4.74 Å². The number of carbonyl (C=O) groups is 1. The molecule has 0 aliphatic carbocycles. The number of aryl methyl sites for hydroxylation is 1. The molecule has 0 bridgehead atoms. The van der Waals surface area contributed by atoms with Gasteiger partial charge in [0.15, 0.2) is 11.6 Å². The van der Waals surface area contributed by atoms with E-state index >= 15 is 0 Å². The van der Waals surface area contributed by atoms with Gasteiger partial charge < -0.3 is 4.74 Å². The van der Waals surface area contributed by atoms with E-state index in [1.165, 1.54) is 31.2 Å². The zero-order valence-electron chi connectivity index (χ0n) is 11.5. The lowest BCUT2D eigenvalue weighted by Crippen LogP contribution is -2.11. The second-order valence-electron chi connectivity index (χ2n) is 4.61. The maximum Gasteiger partial charge on any atom is 0.338 e. The van der Waals surface area contributed by atoms with Crippen molar-refractivity contribution >= 4 is 5.97 Å². The second kappa shape index (κ2) is 5.99. The van der Waals surface area contributed by atoms with Crippen LogP contribution in [0, 0.1) is 24.4 Å². The molecule has 0 aromatic heterocycles. The summed E-state index contributed by atoms with van der Waals surface area (Å²) in [6, 6.07) is 6.95. The maximum atomic E-state index is 14.1. The number of esters is 1. The van der Waals surface area contributed by atoms with Gasteiger partial charge in [-0.2, -0.15) is 0 Å². The Hall–Kier alpha value is -2.30. The Balaban J connectivity index is 2.59. The van der Waals surface area contributed by atoms with Crippen molar-refractivity contribution in [2.24, 2.45) is 0 Å². The Morgan fingerprint density at radius 2 is 1.81 bits per heavy atom. The number of benzene rings is 2. The van der Waals surface area contributed by atoms with Crippen molar-refractivity contribution < 1.29 is 22.7 Å². The minimum absolute atomic E-state index is 0.00909. The van der Waals surface area contributed by atoms with E-state index in [0.717, 1.165) is 7.11 Å². The van der Waals surface area contributed by atoms with Crippen LogP contribution in [0.3, 0.4) is 0 Å². The van der Waals surface area contributed by atoms with Gasteiger partial charge >= 0.3 is 5.97 Å². The molecule has 2 aromatic carbocycles. The van der Waals surface area contributed by atoms with Crippen LogP contribution in [0.25, 0.3) is 0 Å². The fourth-order valence-corrected chi connectivity index (χ4v) is 2.09. The van der Waals surface area contributed by atoms with Crippen molar-refractivity contribution in [3.8, 4) is 0 Å². The van der Waals surface area contributed by atoms with Crippen molar-refractivity contribution in [3.63, 3.8) is 0 Å². The van der Waals surface area contributed by atoms with Crippen molar-refractivity contribution in [2.75, 3.05) is 7.11 Å². The second-order valence-corrected chi connectivity index (χ2v) is 4.61. The number of carbonyl (C=O) groups excluding carboxylic acids is 1. The Morgan fingerprint density at radius 1 is 1.14 bits per heavy atom. The third-order valence-corrected chi connectivity index (χ3v) is 3.22. The van der Waals surface area contributed by atoms with Crippen LogP contribution < -0.4 is 0 Å². The molecule has 0 spiro atoms. The standard InChI is InChI=1S/C16H13F3O2/c1-9-7-12(16(20)21-2)11(15(19)14(9)18)8-10-5-3-4-6-13(10)17/h3-7H,8H2,1-2H3. The van der Waals surface area contributed by atoms with Gasteiger partial charge in [0.05, 0.1) is 12.7 Å². The van der Waals surface area contributed by atoms with Crippen molar-refractivity contribution in [2.45, 2.75) is 13.3 Å². The molecule has 0 unspecified atom stereocenters. The van der Waals surface area contributed by atoms with Gasteiger partial charge in [0, 0.05) is 12.0 Å². The first kappa shape index (κ1) is 15.1. The molecule has 0 radical (unpaired) electrons. The summed E-state index contributed by atoms with van der Waals surface area (Å²) in [6.45, 7) is 1.34. The van der Waals surface area contributed by atoms with Crippen LogP contribution in [0.2, 0.25) is 0 Å². The van der Waals surface area contributed by atoms with E-state index in [0.29, 0.717) is 0 Å². The number of halogens is 3. The molecule has 0 fully saturated rings. The number of hydrogen-bond donors (Lipinski definition) is 0. The maximum absolute atomic E-state index is 14.1. The van der Waals surface area contributed by atoms with E-state index in [4.69, 9.17) is 0 Å². The van der Waals surface area contributed by atoms with Gasteiger partial charge in [-0.05, 0) is 30.2 Å².